The Morgan fingerprint density at radius 1 is 1.00 bits per heavy atom. The molecule has 3 nitrogen and oxygen atoms in total. The fourth-order valence-electron chi connectivity index (χ4n) is 1.83. The molecule has 106 valence electrons. The van der Waals surface area contributed by atoms with Gasteiger partial charge in [-0.3, -0.25) is 0 Å². The van der Waals surface area contributed by atoms with Gasteiger partial charge in [0, 0.05) is 34.9 Å². The molecule has 0 aliphatic heterocycles. The maximum absolute atomic E-state index is 13.3. The first-order valence-corrected chi connectivity index (χ1v) is 6.82. The minimum Gasteiger partial charge on any atom is -0.497 e. The third-order valence-electron chi connectivity index (χ3n) is 2.77. The molecule has 0 saturated carbocycles. The van der Waals surface area contributed by atoms with Crippen LogP contribution >= 0.6 is 15.9 Å². The molecule has 1 N–H and O–H groups in total. The number of halogens is 2. The van der Waals surface area contributed by atoms with Crippen molar-refractivity contribution in [2.75, 3.05) is 19.5 Å². The zero-order valence-electron chi connectivity index (χ0n) is 11.2. The second kappa shape index (κ2) is 6.61. The lowest BCUT2D eigenvalue weighted by atomic mass is 10.2. The molecule has 2 aromatic rings. The summed E-state index contributed by atoms with van der Waals surface area (Å²) in [7, 11) is 3.20. The van der Waals surface area contributed by atoms with Gasteiger partial charge in [0.25, 0.3) is 0 Å². The van der Waals surface area contributed by atoms with Crippen molar-refractivity contribution in [2.24, 2.45) is 0 Å². The summed E-state index contributed by atoms with van der Waals surface area (Å²) in [5, 5.41) is 3.22. The van der Waals surface area contributed by atoms with E-state index >= 15 is 0 Å². The Morgan fingerprint density at radius 3 is 2.20 bits per heavy atom. The molecule has 20 heavy (non-hydrogen) atoms. The van der Waals surface area contributed by atoms with Crippen molar-refractivity contribution in [1.82, 2.24) is 0 Å². The van der Waals surface area contributed by atoms with Crippen LogP contribution < -0.4 is 14.8 Å². The highest BCUT2D eigenvalue weighted by Crippen LogP contribution is 2.26. The lowest BCUT2D eigenvalue weighted by Gasteiger charge is -2.11. The molecule has 5 heteroatoms. The Morgan fingerprint density at radius 2 is 1.65 bits per heavy atom. The van der Waals surface area contributed by atoms with E-state index in [9.17, 15) is 4.39 Å². The molecule has 2 aromatic carbocycles. The van der Waals surface area contributed by atoms with Crippen LogP contribution in [-0.2, 0) is 6.54 Å². The van der Waals surface area contributed by atoms with Gasteiger partial charge in [-0.15, -0.1) is 0 Å². The van der Waals surface area contributed by atoms with Crippen LogP contribution in [0.1, 0.15) is 5.56 Å². The Labute approximate surface area is 125 Å². The van der Waals surface area contributed by atoms with Gasteiger partial charge < -0.3 is 14.8 Å². The average molecular weight is 340 g/mol. The van der Waals surface area contributed by atoms with E-state index in [-0.39, 0.29) is 5.82 Å². The van der Waals surface area contributed by atoms with Crippen molar-refractivity contribution in [3.05, 3.63) is 52.3 Å². The number of rotatable bonds is 5. The Balaban J connectivity index is 2.13. The van der Waals surface area contributed by atoms with E-state index in [0.717, 1.165) is 15.7 Å². The van der Waals surface area contributed by atoms with Crippen LogP contribution in [0.15, 0.2) is 40.9 Å². The lowest BCUT2D eigenvalue weighted by Crippen LogP contribution is -2.01. The highest BCUT2D eigenvalue weighted by Gasteiger charge is 2.03. The first-order valence-electron chi connectivity index (χ1n) is 6.02. The summed E-state index contributed by atoms with van der Waals surface area (Å²) in [5.74, 6) is 1.14. The van der Waals surface area contributed by atoms with Crippen LogP contribution in [0.25, 0.3) is 0 Å². The minimum atomic E-state index is -0.264. The second-order valence-corrected chi connectivity index (χ2v) is 5.15. The summed E-state index contributed by atoms with van der Waals surface area (Å²) in [6.07, 6.45) is 0. The summed E-state index contributed by atoms with van der Waals surface area (Å²) in [4.78, 5) is 0. The van der Waals surface area contributed by atoms with Crippen molar-refractivity contribution in [1.29, 1.82) is 0 Å². The minimum absolute atomic E-state index is 0.264. The number of hydrogen-bond donors (Lipinski definition) is 1. The molecule has 0 aliphatic rings. The van der Waals surface area contributed by atoms with Crippen molar-refractivity contribution in [3.63, 3.8) is 0 Å². The number of ether oxygens (including phenoxy) is 2. The largest absolute Gasteiger partial charge is 0.497 e. The van der Waals surface area contributed by atoms with Gasteiger partial charge in [-0.05, 0) is 23.8 Å². The number of benzene rings is 2. The fraction of sp³-hybridized carbons (Fsp3) is 0.200. The molecule has 0 spiro atoms. The van der Waals surface area contributed by atoms with Crippen molar-refractivity contribution in [2.45, 2.75) is 6.54 Å². The molecule has 0 aliphatic carbocycles. The van der Waals surface area contributed by atoms with Gasteiger partial charge in [-0.1, -0.05) is 15.9 Å². The van der Waals surface area contributed by atoms with Crippen molar-refractivity contribution in [3.8, 4) is 11.5 Å². The number of hydrogen-bond acceptors (Lipinski definition) is 3. The van der Waals surface area contributed by atoms with Crippen molar-refractivity contribution < 1.29 is 13.9 Å². The standard InChI is InChI=1S/C15H15BrFNO2/c1-19-14-6-13(7-15(8-14)20-2)18-9-10-3-11(16)5-12(17)4-10/h3-8,18H,9H2,1-2H3. The Kier molecular flexibility index (Phi) is 4.84. The number of methoxy groups -OCH3 is 2. The normalized spacial score (nSPS) is 10.2. The summed E-state index contributed by atoms with van der Waals surface area (Å²) >= 11 is 3.28. The fourth-order valence-corrected chi connectivity index (χ4v) is 2.34. The van der Waals surface area contributed by atoms with Gasteiger partial charge >= 0.3 is 0 Å². The van der Waals surface area contributed by atoms with Gasteiger partial charge in [0.1, 0.15) is 17.3 Å². The molecule has 0 unspecified atom stereocenters. The third kappa shape index (κ3) is 3.87. The number of nitrogens with one attached hydrogen (secondary N) is 1. The first kappa shape index (κ1) is 14.7. The van der Waals surface area contributed by atoms with E-state index in [1.54, 1.807) is 20.3 Å². The molecule has 0 bridgehead atoms. The van der Waals surface area contributed by atoms with E-state index < -0.39 is 0 Å². The maximum atomic E-state index is 13.3. The predicted octanol–water partition coefficient (Wildman–Crippen LogP) is 4.22. The highest BCUT2D eigenvalue weighted by atomic mass is 79.9. The third-order valence-corrected chi connectivity index (χ3v) is 3.23. The average Bonchev–Trinajstić information content (AvgIpc) is 2.43. The molecule has 0 fully saturated rings. The highest BCUT2D eigenvalue weighted by molar-refractivity contribution is 9.10. The summed E-state index contributed by atoms with van der Waals surface area (Å²) in [5.41, 5.74) is 1.69. The van der Waals surface area contributed by atoms with Gasteiger partial charge in [-0.2, -0.15) is 0 Å². The van der Waals surface area contributed by atoms with E-state index in [2.05, 4.69) is 21.2 Å². The number of anilines is 1. The van der Waals surface area contributed by atoms with Crippen LogP contribution in [0.4, 0.5) is 10.1 Å². The molecule has 0 radical (unpaired) electrons. The molecule has 0 amide bonds. The zero-order valence-corrected chi connectivity index (χ0v) is 12.8. The molecule has 0 saturated heterocycles. The molecule has 0 atom stereocenters. The summed E-state index contributed by atoms with van der Waals surface area (Å²) in [6.45, 7) is 0.507. The summed E-state index contributed by atoms with van der Waals surface area (Å²) < 4.78 is 24.4. The van der Waals surface area contributed by atoms with Gasteiger partial charge in [0.15, 0.2) is 0 Å². The molecule has 0 heterocycles. The van der Waals surface area contributed by atoms with E-state index in [1.165, 1.54) is 12.1 Å². The smallest absolute Gasteiger partial charge is 0.124 e. The van der Waals surface area contributed by atoms with Gasteiger partial charge in [0.2, 0.25) is 0 Å². The van der Waals surface area contributed by atoms with E-state index in [1.807, 2.05) is 18.2 Å². The monoisotopic (exact) mass is 339 g/mol. The van der Waals surface area contributed by atoms with Crippen LogP contribution in [0.5, 0.6) is 11.5 Å². The Hall–Kier alpha value is -1.75. The van der Waals surface area contributed by atoms with Gasteiger partial charge in [-0.25, -0.2) is 4.39 Å². The molecule has 2 rings (SSSR count). The van der Waals surface area contributed by atoms with E-state index in [0.29, 0.717) is 18.0 Å². The second-order valence-electron chi connectivity index (χ2n) is 4.23. The van der Waals surface area contributed by atoms with Crippen molar-refractivity contribution >= 4 is 21.6 Å². The topological polar surface area (TPSA) is 30.5 Å². The van der Waals surface area contributed by atoms with E-state index in [4.69, 9.17) is 9.47 Å². The van der Waals surface area contributed by atoms with Crippen LogP contribution in [-0.4, -0.2) is 14.2 Å². The molecule has 0 aromatic heterocycles. The lowest BCUT2D eigenvalue weighted by molar-refractivity contribution is 0.394. The SMILES string of the molecule is COc1cc(NCc2cc(F)cc(Br)c2)cc(OC)c1. The molecular formula is C15H15BrFNO2. The Bertz CT molecular complexity index is 562. The maximum Gasteiger partial charge on any atom is 0.124 e. The van der Waals surface area contributed by atoms with Gasteiger partial charge in [0.05, 0.1) is 14.2 Å². The van der Waals surface area contributed by atoms with Crippen LogP contribution in [0.2, 0.25) is 0 Å². The van der Waals surface area contributed by atoms with Crippen LogP contribution in [0, 0.1) is 5.82 Å². The first-order chi connectivity index (χ1) is 9.60. The van der Waals surface area contributed by atoms with Crippen LogP contribution in [0.3, 0.4) is 0 Å². The summed E-state index contributed by atoms with van der Waals surface area (Å²) in [6, 6.07) is 10.3. The predicted molar refractivity (Wildman–Crippen MR) is 81.0 cm³/mol. The zero-order chi connectivity index (χ0) is 14.5. The quantitative estimate of drug-likeness (QED) is 0.884. The molecular weight excluding hydrogens is 325 g/mol.